The number of aliphatic hydroxyl groups is 1. The Hall–Kier alpha value is -5.16. The van der Waals surface area contributed by atoms with Crippen molar-refractivity contribution in [3.8, 4) is 6.07 Å². The number of anilines is 3. The van der Waals surface area contributed by atoms with Crippen LogP contribution in [0.5, 0.6) is 0 Å². The van der Waals surface area contributed by atoms with Gasteiger partial charge in [0.2, 0.25) is 0 Å². The van der Waals surface area contributed by atoms with Crippen molar-refractivity contribution in [3.05, 3.63) is 81.5 Å². The number of hydrogen-bond acceptors (Lipinski definition) is 8. The van der Waals surface area contributed by atoms with Gasteiger partial charge in [-0.3, -0.25) is 23.6 Å². The van der Waals surface area contributed by atoms with Crippen LogP contribution in [0.4, 0.5) is 30.5 Å². The number of aromatic nitrogens is 3. The van der Waals surface area contributed by atoms with Crippen LogP contribution in [0.15, 0.2) is 53.3 Å². The summed E-state index contributed by atoms with van der Waals surface area (Å²) in [6, 6.07) is 11.8. The number of aryl methyl sites for hydroxylation is 2. The van der Waals surface area contributed by atoms with Crippen LogP contribution < -0.4 is 15.9 Å². The molecule has 2 aromatic heterocycles. The number of pyridine rings is 1. The summed E-state index contributed by atoms with van der Waals surface area (Å²) in [5.74, 6) is -7.80. The molecular weight excluding hydrogens is 615 g/mol. The number of nitriles is 1. The Balaban J connectivity index is 1.35. The number of benzene rings is 2. The molecule has 0 aliphatic carbocycles. The van der Waals surface area contributed by atoms with Gasteiger partial charge in [0.05, 0.1) is 33.3 Å². The van der Waals surface area contributed by atoms with Gasteiger partial charge in [-0.15, -0.1) is 0 Å². The van der Waals surface area contributed by atoms with Gasteiger partial charge in [0.1, 0.15) is 17.9 Å². The molecule has 0 unspecified atom stereocenters. The number of halogens is 3. The van der Waals surface area contributed by atoms with E-state index in [4.69, 9.17) is 0 Å². The third-order valence-corrected chi connectivity index (χ3v) is 8.86. The van der Waals surface area contributed by atoms with Crippen LogP contribution >= 0.6 is 0 Å². The molecule has 2 aromatic carbocycles. The highest BCUT2D eigenvalue weighted by atomic mass is 19.3. The number of nitrogens with zero attached hydrogens (tertiary/aromatic N) is 6. The van der Waals surface area contributed by atoms with E-state index in [1.165, 1.54) is 33.1 Å². The fourth-order valence-corrected chi connectivity index (χ4v) is 6.22. The summed E-state index contributed by atoms with van der Waals surface area (Å²) in [6.45, 7) is 3.95. The third kappa shape index (κ3) is 5.40. The van der Waals surface area contributed by atoms with Gasteiger partial charge in [-0.25, -0.2) is 22.9 Å². The first-order valence-electron chi connectivity index (χ1n) is 15.0. The molecule has 4 aromatic rings. The van der Waals surface area contributed by atoms with E-state index in [2.05, 4.69) is 10.3 Å². The maximum Gasteiger partial charge on any atom is 0.328 e. The first-order chi connectivity index (χ1) is 22.1. The van der Waals surface area contributed by atoms with Gasteiger partial charge < -0.3 is 15.3 Å². The van der Waals surface area contributed by atoms with E-state index in [-0.39, 0.29) is 47.1 Å². The number of carbonyl (C=O) groups excluding carboxylic acids is 2. The number of carbonyl (C=O) groups is 2. The Labute approximate surface area is 267 Å². The Kier molecular flexibility index (Phi) is 7.63. The van der Waals surface area contributed by atoms with Crippen LogP contribution in [0.1, 0.15) is 53.5 Å². The van der Waals surface area contributed by atoms with Crippen LogP contribution in [0.3, 0.4) is 0 Å². The molecule has 6 rings (SSSR count). The first kappa shape index (κ1) is 31.8. The molecule has 244 valence electrons. The molecule has 1 saturated heterocycles. The molecule has 14 heteroatoms. The summed E-state index contributed by atoms with van der Waals surface area (Å²) in [5.41, 5.74) is 0.0124. The second-order valence-corrected chi connectivity index (χ2v) is 12.7. The molecule has 2 amide bonds. The van der Waals surface area contributed by atoms with Crippen LogP contribution in [0.25, 0.3) is 11.0 Å². The number of amides is 2. The smallest absolute Gasteiger partial charge is 0.328 e. The number of rotatable bonds is 7. The number of imide groups is 1. The largest absolute Gasteiger partial charge is 0.390 e. The molecule has 0 saturated carbocycles. The lowest BCUT2D eigenvalue weighted by Gasteiger charge is -2.45. The highest BCUT2D eigenvalue weighted by Crippen LogP contribution is 2.41. The summed E-state index contributed by atoms with van der Waals surface area (Å²) in [7, 11) is 1.62. The fourth-order valence-electron chi connectivity index (χ4n) is 6.22. The lowest BCUT2D eigenvalue weighted by Crippen LogP contribution is -2.64. The van der Waals surface area contributed by atoms with Gasteiger partial charge in [0.15, 0.2) is 11.6 Å². The Morgan fingerprint density at radius 1 is 1.06 bits per heavy atom. The number of alkyl halides is 2. The monoisotopic (exact) mass is 647 g/mol. The van der Waals surface area contributed by atoms with Crippen LogP contribution in [0.2, 0.25) is 0 Å². The van der Waals surface area contributed by atoms with E-state index in [0.717, 1.165) is 6.07 Å². The Morgan fingerprint density at radius 3 is 2.34 bits per heavy atom. The van der Waals surface area contributed by atoms with E-state index in [9.17, 15) is 24.8 Å². The first-order valence-corrected chi connectivity index (χ1v) is 15.0. The van der Waals surface area contributed by atoms with Crippen molar-refractivity contribution < 1.29 is 27.9 Å². The molecule has 1 fully saturated rings. The van der Waals surface area contributed by atoms with Gasteiger partial charge in [0, 0.05) is 38.3 Å². The van der Waals surface area contributed by atoms with Gasteiger partial charge >= 0.3 is 5.69 Å². The minimum atomic E-state index is -3.47. The minimum Gasteiger partial charge on any atom is -0.390 e. The summed E-state index contributed by atoms with van der Waals surface area (Å²) < 4.78 is 49.8. The number of fused-ring (bicyclic) bond motifs is 2. The summed E-state index contributed by atoms with van der Waals surface area (Å²) >= 11 is 0. The van der Waals surface area contributed by atoms with Gasteiger partial charge in [-0.1, -0.05) is 19.1 Å². The van der Waals surface area contributed by atoms with E-state index in [0.29, 0.717) is 28.0 Å². The van der Waals surface area contributed by atoms with Crippen molar-refractivity contribution in [2.24, 2.45) is 13.0 Å². The molecule has 47 heavy (non-hydrogen) atoms. The van der Waals surface area contributed by atoms with Crippen molar-refractivity contribution in [1.29, 1.82) is 5.26 Å². The molecule has 11 nitrogen and oxygen atoms in total. The zero-order valence-electron chi connectivity index (χ0n) is 26.1. The second-order valence-electron chi connectivity index (χ2n) is 12.7. The average Bonchev–Trinajstić information content (AvgIpc) is 3.41. The van der Waals surface area contributed by atoms with Gasteiger partial charge in [-0.05, 0) is 56.7 Å². The predicted octanol–water partition coefficient (Wildman–Crippen LogP) is 4.41. The second kappa shape index (κ2) is 11.3. The van der Waals surface area contributed by atoms with Crippen molar-refractivity contribution >= 4 is 40.2 Å². The van der Waals surface area contributed by atoms with Crippen molar-refractivity contribution in [3.63, 3.8) is 0 Å². The van der Waals surface area contributed by atoms with E-state index in [1.807, 2.05) is 6.07 Å². The van der Waals surface area contributed by atoms with Gasteiger partial charge in [-0.2, -0.15) is 5.26 Å². The van der Waals surface area contributed by atoms with E-state index >= 15 is 13.2 Å². The molecular formula is C33H32F3N7O4. The van der Waals surface area contributed by atoms with Crippen molar-refractivity contribution in [2.75, 3.05) is 23.3 Å². The summed E-state index contributed by atoms with van der Waals surface area (Å²) in [6.07, 6.45) is 0.299. The van der Waals surface area contributed by atoms with E-state index in [1.54, 1.807) is 51.2 Å². The number of piperidine rings is 1. The lowest BCUT2D eigenvalue weighted by molar-refractivity contribution is -0.111. The maximum atomic E-state index is 15.7. The average molecular weight is 648 g/mol. The predicted molar refractivity (Wildman–Crippen MR) is 167 cm³/mol. The number of nitrogens with one attached hydrogen (secondary N) is 1. The highest BCUT2D eigenvalue weighted by Gasteiger charge is 2.57. The molecule has 2 N–H and O–H groups in total. The number of imidazole rings is 1. The Bertz CT molecular complexity index is 2010. The quantitative estimate of drug-likeness (QED) is 0.282. The standard InChI is InChI=1S/C33H32F3N7O4/c1-18-16-41(17-26(33(18,35)36)43-29(44)21-7-5-6-8-22(21)30(43)45)28-19(15-37)13-23(34)27(39-28)38-20-9-10-24-25(14-20)42(31(46)40(24)4)12-11-32(2,3)47/h5-10,13-14,18,26,47H,11-12,16-17H2,1-4H3,(H,38,39)/t18-,26+/m0/s1. The SMILES string of the molecule is C[C@H]1CN(c2nc(Nc3ccc4c(c3)n(CCC(C)(C)O)c(=O)n4C)c(F)cc2C#N)C[C@@H](N2C(=O)c3ccccc3C2=O)C1(F)F. The molecule has 2 aliphatic rings. The topological polar surface area (TPSA) is 136 Å². The minimum absolute atomic E-state index is 0.0306. The maximum absolute atomic E-state index is 15.7. The summed E-state index contributed by atoms with van der Waals surface area (Å²) in [5, 5.41) is 23.0. The number of hydrogen-bond donors (Lipinski definition) is 2. The van der Waals surface area contributed by atoms with Crippen LogP contribution in [-0.4, -0.2) is 66.6 Å². The molecule has 0 bridgehead atoms. The van der Waals surface area contributed by atoms with Crippen molar-refractivity contribution in [2.45, 2.75) is 51.3 Å². The van der Waals surface area contributed by atoms with Crippen molar-refractivity contribution in [1.82, 2.24) is 19.0 Å². The molecule has 0 radical (unpaired) electrons. The third-order valence-electron chi connectivity index (χ3n) is 8.86. The molecule has 2 aliphatic heterocycles. The van der Waals surface area contributed by atoms with Crippen LogP contribution in [-0.2, 0) is 13.6 Å². The normalized spacial score (nSPS) is 19.3. The van der Waals surface area contributed by atoms with E-state index < -0.39 is 47.7 Å². The Morgan fingerprint density at radius 2 is 1.72 bits per heavy atom. The molecule has 4 heterocycles. The zero-order chi connectivity index (χ0) is 34.0. The van der Waals surface area contributed by atoms with Gasteiger partial charge in [0.25, 0.3) is 17.7 Å². The zero-order valence-corrected chi connectivity index (χ0v) is 26.1. The lowest BCUT2D eigenvalue weighted by atomic mass is 9.89. The highest BCUT2D eigenvalue weighted by molar-refractivity contribution is 6.21. The molecule has 2 atom stereocenters. The fraction of sp³-hybridized carbons (Fsp3) is 0.364. The van der Waals surface area contributed by atoms with Crippen LogP contribution in [0, 0.1) is 23.1 Å². The summed E-state index contributed by atoms with van der Waals surface area (Å²) in [4.78, 5) is 45.6. The molecule has 0 spiro atoms.